The highest BCUT2D eigenvalue weighted by atomic mass is 16.5. The van der Waals surface area contributed by atoms with Gasteiger partial charge < -0.3 is 4.74 Å². The van der Waals surface area contributed by atoms with E-state index in [2.05, 4.69) is 26.8 Å². The van der Waals surface area contributed by atoms with Crippen LogP contribution in [0.4, 0.5) is 0 Å². The van der Waals surface area contributed by atoms with Crippen LogP contribution in [-0.4, -0.2) is 6.61 Å². The van der Waals surface area contributed by atoms with Gasteiger partial charge in [0, 0.05) is 6.42 Å². The minimum atomic E-state index is 0.771. The van der Waals surface area contributed by atoms with Crippen molar-refractivity contribution in [3.05, 3.63) is 23.0 Å². The first kappa shape index (κ1) is 12.4. The van der Waals surface area contributed by atoms with E-state index in [4.69, 9.17) is 4.74 Å². The van der Waals surface area contributed by atoms with Crippen molar-refractivity contribution in [1.82, 2.24) is 0 Å². The summed E-state index contributed by atoms with van der Waals surface area (Å²) in [5.74, 6) is 1.23. The topological polar surface area (TPSA) is 9.23 Å². The van der Waals surface area contributed by atoms with Gasteiger partial charge in [-0.15, -0.1) is 0 Å². The van der Waals surface area contributed by atoms with E-state index in [9.17, 15) is 0 Å². The monoisotopic (exact) mass is 208 g/mol. The molecule has 1 heterocycles. The zero-order valence-corrected chi connectivity index (χ0v) is 10.4. The SMILES string of the molecule is CCCCCCCC1=C(C)C(C)=CCO1. The molecule has 0 saturated heterocycles. The zero-order chi connectivity index (χ0) is 11.1. The molecule has 0 bridgehead atoms. The Morgan fingerprint density at radius 1 is 1.13 bits per heavy atom. The highest BCUT2D eigenvalue weighted by molar-refractivity contribution is 5.32. The minimum Gasteiger partial charge on any atom is -0.494 e. The predicted octanol–water partition coefficient (Wildman–Crippen LogP) is 4.60. The van der Waals surface area contributed by atoms with E-state index in [0.29, 0.717) is 0 Å². The molecule has 0 unspecified atom stereocenters. The molecule has 1 aliphatic rings. The molecule has 1 rings (SSSR count). The summed E-state index contributed by atoms with van der Waals surface area (Å²) < 4.78 is 5.67. The van der Waals surface area contributed by atoms with E-state index in [-0.39, 0.29) is 0 Å². The number of ether oxygens (including phenoxy) is 1. The second kappa shape index (κ2) is 6.71. The Labute approximate surface area is 94.2 Å². The number of hydrogen-bond donors (Lipinski definition) is 0. The Hall–Kier alpha value is -0.720. The third-order valence-corrected chi connectivity index (χ3v) is 3.16. The van der Waals surface area contributed by atoms with Crippen LogP contribution in [-0.2, 0) is 4.74 Å². The maximum atomic E-state index is 5.67. The molecule has 0 N–H and O–H groups in total. The van der Waals surface area contributed by atoms with Crippen LogP contribution in [0.5, 0.6) is 0 Å². The highest BCUT2D eigenvalue weighted by Gasteiger charge is 2.09. The molecule has 1 aliphatic heterocycles. The Balaban J connectivity index is 2.26. The van der Waals surface area contributed by atoms with Gasteiger partial charge in [0.15, 0.2) is 0 Å². The molecule has 0 aromatic rings. The lowest BCUT2D eigenvalue weighted by molar-refractivity contribution is 0.224. The van der Waals surface area contributed by atoms with Crippen LogP contribution >= 0.6 is 0 Å². The molecule has 0 radical (unpaired) electrons. The molecule has 0 saturated carbocycles. The van der Waals surface area contributed by atoms with Gasteiger partial charge in [-0.05, 0) is 37.5 Å². The smallest absolute Gasteiger partial charge is 0.106 e. The van der Waals surface area contributed by atoms with Crippen molar-refractivity contribution < 1.29 is 4.74 Å². The van der Waals surface area contributed by atoms with Crippen molar-refractivity contribution in [2.75, 3.05) is 6.61 Å². The quantitative estimate of drug-likeness (QED) is 0.580. The summed E-state index contributed by atoms with van der Waals surface area (Å²) in [6.07, 6.45) is 9.98. The van der Waals surface area contributed by atoms with Gasteiger partial charge in [0.2, 0.25) is 0 Å². The van der Waals surface area contributed by atoms with Gasteiger partial charge >= 0.3 is 0 Å². The van der Waals surface area contributed by atoms with Gasteiger partial charge in [-0.2, -0.15) is 0 Å². The standard InChI is InChI=1S/C14H24O/c1-4-5-6-7-8-9-14-13(3)12(2)10-11-15-14/h10H,4-9,11H2,1-3H3. The van der Waals surface area contributed by atoms with Crippen LogP contribution in [0, 0.1) is 0 Å². The molecule has 1 heteroatoms. The summed E-state index contributed by atoms with van der Waals surface area (Å²) in [5.41, 5.74) is 2.75. The number of allylic oxidation sites excluding steroid dienone is 3. The van der Waals surface area contributed by atoms with E-state index < -0.39 is 0 Å². The number of rotatable bonds is 6. The van der Waals surface area contributed by atoms with Gasteiger partial charge in [-0.3, -0.25) is 0 Å². The molecule has 0 amide bonds. The lowest BCUT2D eigenvalue weighted by Crippen LogP contribution is -2.03. The van der Waals surface area contributed by atoms with Gasteiger partial charge in [0.25, 0.3) is 0 Å². The third kappa shape index (κ3) is 4.11. The molecule has 0 spiro atoms. The summed E-state index contributed by atoms with van der Waals surface area (Å²) in [6, 6.07) is 0. The summed E-state index contributed by atoms with van der Waals surface area (Å²) in [4.78, 5) is 0. The fourth-order valence-corrected chi connectivity index (χ4v) is 1.90. The maximum Gasteiger partial charge on any atom is 0.106 e. The predicted molar refractivity (Wildman–Crippen MR) is 65.8 cm³/mol. The first-order chi connectivity index (χ1) is 7.25. The van der Waals surface area contributed by atoms with Crippen LogP contribution in [0.3, 0.4) is 0 Å². The lowest BCUT2D eigenvalue weighted by atomic mass is 10.0. The molecule has 0 aromatic carbocycles. The summed E-state index contributed by atoms with van der Waals surface area (Å²) in [7, 11) is 0. The maximum absolute atomic E-state index is 5.67. The second-order valence-corrected chi connectivity index (χ2v) is 4.41. The van der Waals surface area contributed by atoms with E-state index in [0.717, 1.165) is 13.0 Å². The lowest BCUT2D eigenvalue weighted by Gasteiger charge is -2.18. The Morgan fingerprint density at radius 2 is 1.87 bits per heavy atom. The van der Waals surface area contributed by atoms with Crippen molar-refractivity contribution in [3.63, 3.8) is 0 Å². The summed E-state index contributed by atoms with van der Waals surface area (Å²) >= 11 is 0. The van der Waals surface area contributed by atoms with Crippen molar-refractivity contribution >= 4 is 0 Å². The fourth-order valence-electron chi connectivity index (χ4n) is 1.90. The zero-order valence-electron chi connectivity index (χ0n) is 10.4. The third-order valence-electron chi connectivity index (χ3n) is 3.16. The summed E-state index contributed by atoms with van der Waals surface area (Å²) in [5, 5.41) is 0. The van der Waals surface area contributed by atoms with Crippen LogP contribution < -0.4 is 0 Å². The molecule has 0 atom stereocenters. The Morgan fingerprint density at radius 3 is 2.60 bits per heavy atom. The van der Waals surface area contributed by atoms with Crippen molar-refractivity contribution in [2.24, 2.45) is 0 Å². The average molecular weight is 208 g/mol. The van der Waals surface area contributed by atoms with Crippen molar-refractivity contribution in [2.45, 2.75) is 59.3 Å². The first-order valence-corrected chi connectivity index (χ1v) is 6.25. The van der Waals surface area contributed by atoms with Gasteiger partial charge in [0.05, 0.1) is 5.76 Å². The van der Waals surface area contributed by atoms with E-state index in [1.54, 1.807) is 0 Å². The van der Waals surface area contributed by atoms with Gasteiger partial charge in [-0.1, -0.05) is 32.6 Å². The average Bonchev–Trinajstić information content (AvgIpc) is 2.24. The first-order valence-electron chi connectivity index (χ1n) is 6.25. The number of hydrogen-bond acceptors (Lipinski definition) is 1. The van der Waals surface area contributed by atoms with Crippen molar-refractivity contribution in [1.29, 1.82) is 0 Å². The molecular formula is C14H24O. The minimum absolute atomic E-state index is 0.771. The largest absolute Gasteiger partial charge is 0.494 e. The fraction of sp³-hybridized carbons (Fsp3) is 0.714. The normalized spacial score (nSPS) is 16.3. The Kier molecular flexibility index (Phi) is 5.52. The Bertz CT molecular complexity index is 248. The molecule has 1 nitrogen and oxygen atoms in total. The van der Waals surface area contributed by atoms with E-state index in [1.165, 1.54) is 49.0 Å². The van der Waals surface area contributed by atoms with Gasteiger partial charge in [-0.25, -0.2) is 0 Å². The molecule has 15 heavy (non-hydrogen) atoms. The van der Waals surface area contributed by atoms with Crippen LogP contribution in [0.1, 0.15) is 59.3 Å². The highest BCUT2D eigenvalue weighted by Crippen LogP contribution is 2.24. The molecule has 0 aromatic heterocycles. The molecule has 86 valence electrons. The van der Waals surface area contributed by atoms with Crippen molar-refractivity contribution in [3.8, 4) is 0 Å². The van der Waals surface area contributed by atoms with Crippen LogP contribution in [0.2, 0.25) is 0 Å². The molecule has 0 fully saturated rings. The van der Waals surface area contributed by atoms with E-state index in [1.807, 2.05) is 0 Å². The molecule has 0 aliphatic carbocycles. The molecular weight excluding hydrogens is 184 g/mol. The second-order valence-electron chi connectivity index (χ2n) is 4.41. The summed E-state index contributed by atoms with van der Waals surface area (Å²) in [6.45, 7) is 7.37. The van der Waals surface area contributed by atoms with Crippen LogP contribution in [0.15, 0.2) is 23.0 Å². The van der Waals surface area contributed by atoms with Gasteiger partial charge in [0.1, 0.15) is 6.61 Å². The van der Waals surface area contributed by atoms with E-state index >= 15 is 0 Å². The van der Waals surface area contributed by atoms with Crippen LogP contribution in [0.25, 0.3) is 0 Å². The number of unbranched alkanes of at least 4 members (excludes halogenated alkanes) is 4.